The van der Waals surface area contributed by atoms with E-state index in [9.17, 15) is 14.7 Å². The van der Waals surface area contributed by atoms with Gasteiger partial charge >= 0.3 is 0 Å². The van der Waals surface area contributed by atoms with Crippen LogP contribution < -0.4 is 0 Å². The number of carbonyl (C=O) groups excluding carboxylic acids is 2. The Morgan fingerprint density at radius 2 is 1.88 bits per heavy atom. The van der Waals surface area contributed by atoms with E-state index in [4.69, 9.17) is 0 Å². The van der Waals surface area contributed by atoms with E-state index in [1.807, 2.05) is 15.9 Å². The van der Waals surface area contributed by atoms with Crippen molar-refractivity contribution in [2.75, 3.05) is 13.1 Å². The number of rotatable bonds is 2. The van der Waals surface area contributed by atoms with Gasteiger partial charge in [0.15, 0.2) is 6.10 Å². The molecule has 25 heavy (non-hydrogen) atoms. The van der Waals surface area contributed by atoms with Crippen LogP contribution in [0.15, 0.2) is 24.4 Å². The molecule has 1 aliphatic carbocycles. The Morgan fingerprint density at radius 1 is 1.16 bits per heavy atom. The quantitative estimate of drug-likeness (QED) is 0.828. The Kier molecular flexibility index (Phi) is 4.23. The van der Waals surface area contributed by atoms with Crippen molar-refractivity contribution < 1.29 is 14.7 Å². The van der Waals surface area contributed by atoms with Crippen LogP contribution in [0.2, 0.25) is 0 Å². The number of piperidine rings is 1. The van der Waals surface area contributed by atoms with Crippen LogP contribution in [0.25, 0.3) is 0 Å². The fourth-order valence-corrected chi connectivity index (χ4v) is 4.85. The lowest BCUT2D eigenvalue weighted by Gasteiger charge is -2.61. The van der Waals surface area contributed by atoms with E-state index >= 15 is 0 Å². The van der Waals surface area contributed by atoms with Gasteiger partial charge in [0.1, 0.15) is 5.69 Å². The largest absolute Gasteiger partial charge is 0.381 e. The Morgan fingerprint density at radius 3 is 2.52 bits per heavy atom. The predicted octanol–water partition coefficient (Wildman–Crippen LogP) is 1.59. The summed E-state index contributed by atoms with van der Waals surface area (Å²) in [6.07, 6.45) is 7.54. The first kappa shape index (κ1) is 16.5. The third-order valence-corrected chi connectivity index (χ3v) is 6.18. The third kappa shape index (κ3) is 2.63. The molecule has 1 aromatic rings. The highest BCUT2D eigenvalue weighted by Crippen LogP contribution is 2.46. The van der Waals surface area contributed by atoms with Crippen LogP contribution in [0.3, 0.4) is 0 Å². The van der Waals surface area contributed by atoms with Crippen LogP contribution in [0.4, 0.5) is 0 Å². The van der Waals surface area contributed by atoms with Crippen LogP contribution in [-0.4, -0.2) is 62.5 Å². The minimum atomic E-state index is -0.819. The number of hydrogen-bond donors (Lipinski definition) is 1. The lowest BCUT2D eigenvalue weighted by Crippen LogP contribution is -2.77. The van der Waals surface area contributed by atoms with Gasteiger partial charge in [-0.05, 0) is 37.8 Å². The Balaban J connectivity index is 1.42. The molecule has 1 aromatic heterocycles. The van der Waals surface area contributed by atoms with Crippen molar-refractivity contribution in [2.24, 2.45) is 0 Å². The molecule has 3 heterocycles. The number of aromatic nitrogens is 1. The van der Waals surface area contributed by atoms with Gasteiger partial charge in [-0.25, -0.2) is 0 Å². The number of hydrogen-bond acceptors (Lipinski definition) is 4. The monoisotopic (exact) mass is 343 g/mol. The van der Waals surface area contributed by atoms with Gasteiger partial charge in [-0.1, -0.05) is 25.3 Å². The molecule has 2 saturated heterocycles. The van der Waals surface area contributed by atoms with Gasteiger partial charge in [-0.2, -0.15) is 0 Å². The first-order chi connectivity index (χ1) is 12.1. The molecular weight excluding hydrogens is 318 g/mol. The highest BCUT2D eigenvalue weighted by Gasteiger charge is 2.61. The average Bonchev–Trinajstić information content (AvgIpc) is 2.69. The highest BCUT2D eigenvalue weighted by molar-refractivity contribution is 5.92. The molecular formula is C19H25N3O3. The number of carbonyl (C=O) groups is 2. The number of aliphatic hydroxyl groups excluding tert-OH is 1. The topological polar surface area (TPSA) is 73.7 Å². The molecule has 6 nitrogen and oxygen atoms in total. The summed E-state index contributed by atoms with van der Waals surface area (Å²) in [5, 5.41) is 10.3. The summed E-state index contributed by atoms with van der Waals surface area (Å²) in [4.78, 5) is 32.8. The van der Waals surface area contributed by atoms with Gasteiger partial charge < -0.3 is 14.9 Å². The first-order valence-electron chi connectivity index (χ1n) is 9.35. The molecule has 0 aromatic carbocycles. The second-order valence-electron chi connectivity index (χ2n) is 7.51. The molecule has 2 aliphatic heterocycles. The molecule has 0 radical (unpaired) electrons. The van der Waals surface area contributed by atoms with E-state index in [-0.39, 0.29) is 23.4 Å². The first-order valence-corrected chi connectivity index (χ1v) is 9.35. The van der Waals surface area contributed by atoms with E-state index in [1.165, 1.54) is 6.42 Å². The summed E-state index contributed by atoms with van der Waals surface area (Å²) >= 11 is 0. The van der Waals surface area contributed by atoms with Crippen LogP contribution in [0.1, 0.15) is 55.4 Å². The summed E-state index contributed by atoms with van der Waals surface area (Å²) in [6.45, 7) is 1.27. The second-order valence-corrected chi connectivity index (χ2v) is 7.51. The van der Waals surface area contributed by atoms with Crippen LogP contribution in [0.5, 0.6) is 0 Å². The van der Waals surface area contributed by atoms with E-state index in [2.05, 4.69) is 4.98 Å². The van der Waals surface area contributed by atoms with Gasteiger partial charge in [0.2, 0.25) is 0 Å². The molecule has 0 bridgehead atoms. The van der Waals surface area contributed by atoms with Crippen LogP contribution >= 0.6 is 0 Å². The summed E-state index contributed by atoms with van der Waals surface area (Å²) in [5.74, 6) is -0.155. The van der Waals surface area contributed by atoms with Crippen molar-refractivity contribution in [1.29, 1.82) is 0 Å². The van der Waals surface area contributed by atoms with Crippen LogP contribution in [0, 0.1) is 0 Å². The molecule has 2 amide bonds. The van der Waals surface area contributed by atoms with Crippen LogP contribution in [-0.2, 0) is 4.79 Å². The number of pyridine rings is 1. The van der Waals surface area contributed by atoms with E-state index < -0.39 is 6.10 Å². The van der Waals surface area contributed by atoms with E-state index in [1.54, 1.807) is 18.3 Å². The van der Waals surface area contributed by atoms with E-state index in [0.29, 0.717) is 18.8 Å². The van der Waals surface area contributed by atoms with Crippen molar-refractivity contribution in [3.63, 3.8) is 0 Å². The smallest absolute Gasteiger partial charge is 0.272 e. The minimum Gasteiger partial charge on any atom is -0.381 e. The summed E-state index contributed by atoms with van der Waals surface area (Å²) in [6, 6.07) is 5.50. The standard InChI is InChI=1S/C19H25N3O3/c23-16-18(25)22(19(16)9-3-1-4-10-19)14-7-12-21(13-8-14)17(24)15-6-2-5-11-20-15/h2,5-6,11,14,16,23H,1,3-4,7-10,12-13H2. The maximum absolute atomic E-state index is 12.5. The molecule has 1 N–H and O–H groups in total. The highest BCUT2D eigenvalue weighted by atomic mass is 16.3. The van der Waals surface area contributed by atoms with Gasteiger partial charge in [-0.3, -0.25) is 14.6 Å². The third-order valence-electron chi connectivity index (χ3n) is 6.18. The number of aliphatic hydroxyl groups is 1. The lowest BCUT2D eigenvalue weighted by atomic mass is 9.68. The van der Waals surface area contributed by atoms with E-state index in [0.717, 1.165) is 38.5 Å². The summed E-state index contributed by atoms with van der Waals surface area (Å²) in [7, 11) is 0. The molecule has 3 aliphatic rings. The van der Waals surface area contributed by atoms with Crippen molar-refractivity contribution in [3.8, 4) is 0 Å². The zero-order chi connectivity index (χ0) is 17.4. The normalized spacial score (nSPS) is 26.6. The average molecular weight is 343 g/mol. The SMILES string of the molecule is O=C(c1ccccn1)N1CCC(N2C(=O)C(O)C23CCCCC3)CC1. The number of nitrogens with zero attached hydrogens (tertiary/aromatic N) is 3. The summed E-state index contributed by atoms with van der Waals surface area (Å²) < 4.78 is 0. The number of β-lactam (4-membered cyclic amide) rings is 1. The van der Waals surface area contributed by atoms with Gasteiger partial charge in [-0.15, -0.1) is 0 Å². The molecule has 1 unspecified atom stereocenters. The molecule has 6 heteroatoms. The second kappa shape index (κ2) is 6.41. The zero-order valence-corrected chi connectivity index (χ0v) is 14.4. The number of likely N-dealkylation sites (tertiary alicyclic amines) is 2. The Labute approximate surface area is 147 Å². The van der Waals surface area contributed by atoms with Gasteiger partial charge in [0, 0.05) is 25.3 Å². The number of amides is 2. The van der Waals surface area contributed by atoms with Gasteiger partial charge in [0.25, 0.3) is 11.8 Å². The predicted molar refractivity (Wildman–Crippen MR) is 91.8 cm³/mol. The molecule has 4 rings (SSSR count). The maximum Gasteiger partial charge on any atom is 0.272 e. The molecule has 1 saturated carbocycles. The molecule has 1 spiro atoms. The molecule has 1 atom stereocenters. The van der Waals surface area contributed by atoms with Crippen molar-refractivity contribution >= 4 is 11.8 Å². The maximum atomic E-state index is 12.5. The van der Waals surface area contributed by atoms with Gasteiger partial charge in [0.05, 0.1) is 5.54 Å². The zero-order valence-electron chi connectivity index (χ0n) is 14.4. The fourth-order valence-electron chi connectivity index (χ4n) is 4.85. The van der Waals surface area contributed by atoms with Crippen molar-refractivity contribution in [2.45, 2.75) is 62.6 Å². The molecule has 3 fully saturated rings. The lowest BCUT2D eigenvalue weighted by molar-refractivity contribution is -0.200. The fraction of sp³-hybridized carbons (Fsp3) is 0.632. The Bertz CT molecular complexity index is 649. The Hall–Kier alpha value is -1.95. The van der Waals surface area contributed by atoms with Crippen molar-refractivity contribution in [1.82, 2.24) is 14.8 Å². The molecule has 134 valence electrons. The minimum absolute atomic E-state index is 0.0404. The van der Waals surface area contributed by atoms with Crippen molar-refractivity contribution in [3.05, 3.63) is 30.1 Å². The summed E-state index contributed by atoms with van der Waals surface area (Å²) in [5.41, 5.74) is 0.146.